The van der Waals surface area contributed by atoms with Crippen LogP contribution in [-0.4, -0.2) is 22.1 Å². The number of amides is 1. The standard InChI is InChI=1S/C9H10N4O/c10-3-8(6-1-2-6)13-9(14)7-4-11-12-5-7/h4-6,8H,1-2H2,(H,11,12)(H,13,14). The van der Waals surface area contributed by atoms with E-state index in [1.165, 1.54) is 12.4 Å². The van der Waals surface area contributed by atoms with E-state index in [1.54, 1.807) is 0 Å². The molecule has 0 aliphatic heterocycles. The smallest absolute Gasteiger partial charge is 0.255 e. The Hall–Kier alpha value is -1.83. The number of H-pyrrole nitrogens is 1. The molecule has 72 valence electrons. The van der Waals surface area contributed by atoms with Crippen molar-refractivity contribution in [3.05, 3.63) is 18.0 Å². The Kier molecular flexibility index (Phi) is 2.19. The third-order valence-electron chi connectivity index (χ3n) is 2.28. The topological polar surface area (TPSA) is 81.6 Å². The molecule has 0 radical (unpaired) electrons. The molecule has 1 aromatic rings. The van der Waals surface area contributed by atoms with E-state index in [4.69, 9.17) is 5.26 Å². The maximum atomic E-state index is 11.5. The fraction of sp³-hybridized carbons (Fsp3) is 0.444. The average Bonchev–Trinajstić information content (AvgIpc) is 2.88. The van der Waals surface area contributed by atoms with Gasteiger partial charge >= 0.3 is 0 Å². The zero-order chi connectivity index (χ0) is 9.97. The Bertz CT molecular complexity index is 361. The van der Waals surface area contributed by atoms with Gasteiger partial charge in [0.05, 0.1) is 17.8 Å². The Morgan fingerprint density at radius 2 is 2.57 bits per heavy atom. The molecule has 0 aromatic carbocycles. The van der Waals surface area contributed by atoms with Gasteiger partial charge in [-0.1, -0.05) is 0 Å². The van der Waals surface area contributed by atoms with Crippen molar-refractivity contribution < 1.29 is 4.79 Å². The van der Waals surface area contributed by atoms with E-state index in [-0.39, 0.29) is 11.9 Å². The highest BCUT2D eigenvalue weighted by Gasteiger charge is 2.32. The third kappa shape index (κ3) is 1.74. The molecule has 2 rings (SSSR count). The second kappa shape index (κ2) is 3.50. The van der Waals surface area contributed by atoms with Gasteiger partial charge in [-0.25, -0.2) is 0 Å². The molecule has 1 heterocycles. The number of carbonyl (C=O) groups is 1. The third-order valence-corrected chi connectivity index (χ3v) is 2.28. The van der Waals surface area contributed by atoms with Crippen molar-refractivity contribution in [1.82, 2.24) is 15.5 Å². The summed E-state index contributed by atoms with van der Waals surface area (Å²) < 4.78 is 0. The highest BCUT2D eigenvalue weighted by atomic mass is 16.1. The molecule has 0 bridgehead atoms. The summed E-state index contributed by atoms with van der Waals surface area (Å²) in [5, 5.41) is 17.7. The summed E-state index contributed by atoms with van der Waals surface area (Å²) in [6.45, 7) is 0. The molecule has 1 aromatic heterocycles. The normalized spacial score (nSPS) is 17.1. The first-order chi connectivity index (χ1) is 6.81. The highest BCUT2D eigenvalue weighted by Crippen LogP contribution is 2.32. The number of rotatable bonds is 3. The predicted octanol–water partition coefficient (Wildman–Crippen LogP) is 0.442. The van der Waals surface area contributed by atoms with Gasteiger partial charge < -0.3 is 5.32 Å². The molecule has 2 N–H and O–H groups in total. The number of nitrogens with one attached hydrogen (secondary N) is 2. The van der Waals surface area contributed by atoms with E-state index in [1.807, 2.05) is 0 Å². The highest BCUT2D eigenvalue weighted by molar-refractivity contribution is 5.94. The van der Waals surface area contributed by atoms with Crippen LogP contribution in [0.2, 0.25) is 0 Å². The number of carbonyl (C=O) groups excluding carboxylic acids is 1. The lowest BCUT2D eigenvalue weighted by Crippen LogP contribution is -2.35. The van der Waals surface area contributed by atoms with Crippen LogP contribution in [0.3, 0.4) is 0 Å². The fourth-order valence-electron chi connectivity index (χ4n) is 1.28. The van der Waals surface area contributed by atoms with Crippen LogP contribution in [0, 0.1) is 17.2 Å². The van der Waals surface area contributed by atoms with Crippen molar-refractivity contribution in [3.63, 3.8) is 0 Å². The van der Waals surface area contributed by atoms with Gasteiger partial charge in [0, 0.05) is 6.20 Å². The zero-order valence-corrected chi connectivity index (χ0v) is 7.53. The molecule has 1 unspecified atom stereocenters. The van der Waals surface area contributed by atoms with Crippen molar-refractivity contribution in [2.24, 2.45) is 5.92 Å². The molecular weight excluding hydrogens is 180 g/mol. The van der Waals surface area contributed by atoms with Crippen molar-refractivity contribution in [1.29, 1.82) is 5.26 Å². The van der Waals surface area contributed by atoms with Gasteiger partial charge in [-0.3, -0.25) is 9.89 Å². The molecule has 0 saturated heterocycles. The van der Waals surface area contributed by atoms with E-state index in [9.17, 15) is 4.79 Å². The van der Waals surface area contributed by atoms with Gasteiger partial charge in [0.2, 0.25) is 0 Å². The summed E-state index contributed by atoms with van der Waals surface area (Å²) >= 11 is 0. The summed E-state index contributed by atoms with van der Waals surface area (Å²) in [6.07, 6.45) is 5.01. The summed E-state index contributed by atoms with van der Waals surface area (Å²) in [5.74, 6) is 0.105. The van der Waals surface area contributed by atoms with Crippen LogP contribution in [0.4, 0.5) is 0 Å². The van der Waals surface area contributed by atoms with Gasteiger partial charge in [-0.05, 0) is 18.8 Å². The second-order valence-electron chi connectivity index (χ2n) is 3.40. The lowest BCUT2D eigenvalue weighted by molar-refractivity contribution is 0.0942. The molecule has 1 aliphatic rings. The number of nitrogens with zero attached hydrogens (tertiary/aromatic N) is 2. The SMILES string of the molecule is N#CC(NC(=O)c1cn[nH]c1)C1CC1. The minimum Gasteiger partial charge on any atom is -0.336 e. The van der Waals surface area contributed by atoms with Gasteiger partial charge in [0.25, 0.3) is 5.91 Å². The summed E-state index contributed by atoms with van der Waals surface area (Å²) in [6, 6.07) is 1.74. The van der Waals surface area contributed by atoms with E-state index in [2.05, 4.69) is 21.6 Å². The minimum absolute atomic E-state index is 0.239. The van der Waals surface area contributed by atoms with Crippen molar-refractivity contribution in [2.75, 3.05) is 0 Å². The van der Waals surface area contributed by atoms with Gasteiger partial charge in [-0.2, -0.15) is 10.4 Å². The van der Waals surface area contributed by atoms with Crippen LogP contribution in [-0.2, 0) is 0 Å². The molecule has 0 spiro atoms. The monoisotopic (exact) mass is 190 g/mol. The quantitative estimate of drug-likeness (QED) is 0.725. The largest absolute Gasteiger partial charge is 0.336 e. The average molecular weight is 190 g/mol. The van der Waals surface area contributed by atoms with Gasteiger partial charge in [0.1, 0.15) is 6.04 Å². The Morgan fingerprint density at radius 1 is 1.79 bits per heavy atom. The lowest BCUT2D eigenvalue weighted by atomic mass is 10.2. The number of hydrogen-bond donors (Lipinski definition) is 2. The van der Waals surface area contributed by atoms with Gasteiger partial charge in [0.15, 0.2) is 0 Å². The van der Waals surface area contributed by atoms with Gasteiger partial charge in [-0.15, -0.1) is 0 Å². The van der Waals surface area contributed by atoms with E-state index in [0.29, 0.717) is 11.5 Å². The van der Waals surface area contributed by atoms with Crippen LogP contribution in [0.5, 0.6) is 0 Å². The molecule has 5 heteroatoms. The number of aromatic nitrogens is 2. The number of nitriles is 1. The molecule has 1 saturated carbocycles. The Balaban J connectivity index is 1.97. The zero-order valence-electron chi connectivity index (χ0n) is 7.53. The molecule has 1 fully saturated rings. The van der Waals surface area contributed by atoms with E-state index >= 15 is 0 Å². The lowest BCUT2D eigenvalue weighted by Gasteiger charge is -2.08. The Morgan fingerprint density at radius 3 is 3.07 bits per heavy atom. The maximum absolute atomic E-state index is 11.5. The van der Waals surface area contributed by atoms with Crippen LogP contribution >= 0.6 is 0 Å². The first-order valence-corrected chi connectivity index (χ1v) is 4.50. The molecule has 1 aliphatic carbocycles. The maximum Gasteiger partial charge on any atom is 0.255 e. The van der Waals surface area contributed by atoms with Crippen molar-refractivity contribution in [3.8, 4) is 6.07 Å². The van der Waals surface area contributed by atoms with Crippen LogP contribution in [0.25, 0.3) is 0 Å². The van der Waals surface area contributed by atoms with Crippen molar-refractivity contribution in [2.45, 2.75) is 18.9 Å². The molecule has 1 amide bonds. The minimum atomic E-state index is -0.350. The van der Waals surface area contributed by atoms with E-state index in [0.717, 1.165) is 12.8 Å². The second-order valence-corrected chi connectivity index (χ2v) is 3.40. The first kappa shape index (κ1) is 8.75. The Labute approximate surface area is 81.1 Å². The van der Waals surface area contributed by atoms with E-state index < -0.39 is 0 Å². The van der Waals surface area contributed by atoms with Crippen LogP contribution in [0.15, 0.2) is 12.4 Å². The number of aromatic amines is 1. The number of hydrogen-bond acceptors (Lipinski definition) is 3. The molecule has 5 nitrogen and oxygen atoms in total. The first-order valence-electron chi connectivity index (χ1n) is 4.50. The summed E-state index contributed by atoms with van der Waals surface area (Å²) in [4.78, 5) is 11.5. The van der Waals surface area contributed by atoms with Crippen molar-refractivity contribution >= 4 is 5.91 Å². The van der Waals surface area contributed by atoms with Crippen LogP contribution < -0.4 is 5.32 Å². The predicted molar refractivity (Wildman–Crippen MR) is 48.2 cm³/mol. The molecule has 1 atom stereocenters. The summed E-state index contributed by atoms with van der Waals surface area (Å²) in [7, 11) is 0. The summed E-state index contributed by atoms with van der Waals surface area (Å²) in [5.41, 5.74) is 0.464. The molecule has 14 heavy (non-hydrogen) atoms. The fourth-order valence-corrected chi connectivity index (χ4v) is 1.28. The van der Waals surface area contributed by atoms with Crippen LogP contribution in [0.1, 0.15) is 23.2 Å². The molecular formula is C9H10N4O.